The lowest BCUT2D eigenvalue weighted by molar-refractivity contribution is -0.116. The summed E-state index contributed by atoms with van der Waals surface area (Å²) in [5.41, 5.74) is 4.07. The van der Waals surface area contributed by atoms with Crippen molar-refractivity contribution in [2.75, 3.05) is 10.6 Å². The van der Waals surface area contributed by atoms with E-state index in [0.717, 1.165) is 16.9 Å². The molecule has 2 aromatic rings. The van der Waals surface area contributed by atoms with Crippen LogP contribution in [0.3, 0.4) is 0 Å². The van der Waals surface area contributed by atoms with Crippen LogP contribution in [0, 0.1) is 0 Å². The molecule has 0 radical (unpaired) electrons. The van der Waals surface area contributed by atoms with E-state index in [1.807, 2.05) is 24.3 Å². The van der Waals surface area contributed by atoms with Gasteiger partial charge in [-0.05, 0) is 47.4 Å². The molecule has 0 saturated heterocycles. The third kappa shape index (κ3) is 4.17. The number of fused-ring (bicyclic) bond motifs is 1. The molecule has 0 aliphatic carbocycles. The molecule has 2 aromatic carbocycles. The van der Waals surface area contributed by atoms with E-state index in [1.54, 1.807) is 18.2 Å². The monoisotopic (exact) mass is 350 g/mol. The average molecular weight is 350 g/mol. The lowest BCUT2D eigenvalue weighted by Gasteiger charge is -2.08. The molecule has 0 unspecified atom stereocenters. The molecule has 5 heteroatoms. The molecule has 2 N–H and O–H groups in total. The van der Waals surface area contributed by atoms with E-state index in [9.17, 15) is 14.4 Å². The molecule has 0 saturated carbocycles. The normalized spacial score (nSPS) is 12.7. The van der Waals surface area contributed by atoms with Crippen LogP contribution in [-0.4, -0.2) is 17.6 Å². The van der Waals surface area contributed by atoms with Crippen molar-refractivity contribution in [3.8, 4) is 0 Å². The van der Waals surface area contributed by atoms with Crippen LogP contribution in [-0.2, 0) is 16.0 Å². The quantitative estimate of drug-likeness (QED) is 0.776. The SMILES string of the molecule is CC(C)c1ccc(NC(=O)CCC(=O)c2ccc3c(c2)CC(=O)N3)cc1. The van der Waals surface area contributed by atoms with Gasteiger partial charge in [0.05, 0.1) is 6.42 Å². The van der Waals surface area contributed by atoms with Crippen LogP contribution in [0.5, 0.6) is 0 Å². The third-order valence-corrected chi connectivity index (χ3v) is 4.49. The Morgan fingerprint density at radius 3 is 2.50 bits per heavy atom. The molecule has 0 aromatic heterocycles. The maximum Gasteiger partial charge on any atom is 0.228 e. The van der Waals surface area contributed by atoms with Gasteiger partial charge in [0.15, 0.2) is 5.78 Å². The van der Waals surface area contributed by atoms with E-state index >= 15 is 0 Å². The van der Waals surface area contributed by atoms with Gasteiger partial charge in [0.25, 0.3) is 0 Å². The number of carbonyl (C=O) groups is 3. The number of Topliss-reactive ketones (excluding diaryl/α,β-unsaturated/α-hetero) is 1. The highest BCUT2D eigenvalue weighted by atomic mass is 16.2. The van der Waals surface area contributed by atoms with Gasteiger partial charge in [0, 0.05) is 29.8 Å². The Bertz CT molecular complexity index is 854. The number of anilines is 2. The summed E-state index contributed by atoms with van der Waals surface area (Å²) in [6, 6.07) is 12.9. The molecular formula is C21H22N2O3. The lowest BCUT2D eigenvalue weighted by atomic mass is 10.0. The highest BCUT2D eigenvalue weighted by Crippen LogP contribution is 2.24. The second kappa shape index (κ2) is 7.52. The van der Waals surface area contributed by atoms with Crippen LogP contribution >= 0.6 is 0 Å². The van der Waals surface area contributed by atoms with E-state index in [-0.39, 0.29) is 30.4 Å². The first-order valence-electron chi connectivity index (χ1n) is 8.78. The molecular weight excluding hydrogens is 328 g/mol. The van der Waals surface area contributed by atoms with E-state index in [4.69, 9.17) is 0 Å². The van der Waals surface area contributed by atoms with Gasteiger partial charge in [-0.2, -0.15) is 0 Å². The number of hydrogen-bond acceptors (Lipinski definition) is 3. The second-order valence-corrected chi connectivity index (χ2v) is 6.84. The van der Waals surface area contributed by atoms with Gasteiger partial charge in [0.1, 0.15) is 0 Å². The van der Waals surface area contributed by atoms with Crippen LogP contribution < -0.4 is 10.6 Å². The van der Waals surface area contributed by atoms with Crippen molar-refractivity contribution in [2.24, 2.45) is 0 Å². The van der Waals surface area contributed by atoms with Crippen LogP contribution in [0.4, 0.5) is 11.4 Å². The molecule has 2 amide bonds. The minimum atomic E-state index is -0.186. The van der Waals surface area contributed by atoms with Gasteiger partial charge >= 0.3 is 0 Å². The molecule has 3 rings (SSSR count). The number of ketones is 1. The first-order chi connectivity index (χ1) is 12.4. The minimum absolute atomic E-state index is 0.0625. The summed E-state index contributed by atoms with van der Waals surface area (Å²) in [5, 5.41) is 5.55. The van der Waals surface area contributed by atoms with E-state index < -0.39 is 0 Å². The molecule has 0 atom stereocenters. The Hall–Kier alpha value is -2.95. The number of nitrogens with one attached hydrogen (secondary N) is 2. The summed E-state index contributed by atoms with van der Waals surface area (Å²) in [6.45, 7) is 4.23. The molecule has 0 bridgehead atoms. The van der Waals surface area contributed by atoms with Gasteiger partial charge in [0.2, 0.25) is 11.8 Å². The zero-order valence-electron chi connectivity index (χ0n) is 15.0. The Morgan fingerprint density at radius 1 is 1.08 bits per heavy atom. The number of rotatable bonds is 6. The first-order valence-corrected chi connectivity index (χ1v) is 8.78. The van der Waals surface area contributed by atoms with Crippen molar-refractivity contribution < 1.29 is 14.4 Å². The van der Waals surface area contributed by atoms with E-state index in [2.05, 4.69) is 24.5 Å². The predicted octanol–water partition coefficient (Wildman–Crippen LogP) is 3.91. The van der Waals surface area contributed by atoms with Crippen LogP contribution in [0.25, 0.3) is 0 Å². The van der Waals surface area contributed by atoms with Crippen molar-refractivity contribution >= 4 is 29.0 Å². The second-order valence-electron chi connectivity index (χ2n) is 6.84. The fourth-order valence-electron chi connectivity index (χ4n) is 2.95. The molecule has 5 nitrogen and oxygen atoms in total. The van der Waals surface area contributed by atoms with Crippen molar-refractivity contribution in [3.05, 3.63) is 59.2 Å². The molecule has 1 aliphatic rings. The average Bonchev–Trinajstić information content (AvgIpc) is 2.99. The van der Waals surface area contributed by atoms with Crippen molar-refractivity contribution in [1.82, 2.24) is 0 Å². The minimum Gasteiger partial charge on any atom is -0.326 e. The predicted molar refractivity (Wildman–Crippen MR) is 102 cm³/mol. The third-order valence-electron chi connectivity index (χ3n) is 4.49. The lowest BCUT2D eigenvalue weighted by Crippen LogP contribution is -2.13. The summed E-state index contributed by atoms with van der Waals surface area (Å²) in [5.74, 6) is 0.0914. The first kappa shape index (κ1) is 17.9. The highest BCUT2D eigenvalue weighted by molar-refractivity contribution is 6.03. The number of hydrogen-bond donors (Lipinski definition) is 2. The van der Waals surface area contributed by atoms with Crippen molar-refractivity contribution in [3.63, 3.8) is 0 Å². The maximum absolute atomic E-state index is 12.3. The molecule has 1 heterocycles. The summed E-state index contributed by atoms with van der Waals surface area (Å²) in [7, 11) is 0. The van der Waals surface area contributed by atoms with Gasteiger partial charge in [-0.3, -0.25) is 14.4 Å². The summed E-state index contributed by atoms with van der Waals surface area (Å²) < 4.78 is 0. The van der Waals surface area contributed by atoms with Gasteiger partial charge < -0.3 is 10.6 Å². The van der Waals surface area contributed by atoms with Crippen LogP contribution in [0.1, 0.15) is 54.1 Å². The van der Waals surface area contributed by atoms with Gasteiger partial charge in [-0.1, -0.05) is 26.0 Å². The molecule has 26 heavy (non-hydrogen) atoms. The topological polar surface area (TPSA) is 75.3 Å². The Morgan fingerprint density at radius 2 is 1.81 bits per heavy atom. The maximum atomic E-state index is 12.3. The zero-order chi connectivity index (χ0) is 18.7. The number of amides is 2. The zero-order valence-corrected chi connectivity index (χ0v) is 15.0. The summed E-state index contributed by atoms with van der Waals surface area (Å²) in [4.78, 5) is 35.8. The van der Waals surface area contributed by atoms with Crippen molar-refractivity contribution in [2.45, 2.75) is 39.0 Å². The molecule has 1 aliphatic heterocycles. The molecule has 0 spiro atoms. The Labute approximate surface area is 152 Å². The Kier molecular flexibility index (Phi) is 5.16. The molecule has 0 fully saturated rings. The summed E-state index contributed by atoms with van der Waals surface area (Å²) in [6.07, 6.45) is 0.554. The van der Waals surface area contributed by atoms with Crippen molar-refractivity contribution in [1.29, 1.82) is 0 Å². The Balaban J connectivity index is 1.53. The number of benzene rings is 2. The van der Waals surface area contributed by atoms with E-state index in [0.29, 0.717) is 17.9 Å². The van der Waals surface area contributed by atoms with E-state index in [1.165, 1.54) is 5.56 Å². The van der Waals surface area contributed by atoms with Crippen LogP contribution in [0.15, 0.2) is 42.5 Å². The molecule has 134 valence electrons. The highest BCUT2D eigenvalue weighted by Gasteiger charge is 2.19. The van der Waals surface area contributed by atoms with Gasteiger partial charge in [-0.15, -0.1) is 0 Å². The van der Waals surface area contributed by atoms with Gasteiger partial charge in [-0.25, -0.2) is 0 Å². The standard InChI is InChI=1S/C21H22N2O3/c1-13(2)14-3-6-17(7-4-14)22-20(25)10-9-19(24)15-5-8-18-16(11-15)12-21(26)23-18/h3-8,11,13H,9-10,12H2,1-2H3,(H,22,25)(H,23,26). The fraction of sp³-hybridized carbons (Fsp3) is 0.286. The summed E-state index contributed by atoms with van der Waals surface area (Å²) >= 11 is 0. The largest absolute Gasteiger partial charge is 0.326 e. The number of carbonyl (C=O) groups excluding carboxylic acids is 3. The van der Waals surface area contributed by atoms with Crippen LogP contribution in [0.2, 0.25) is 0 Å². The fourth-order valence-corrected chi connectivity index (χ4v) is 2.95. The smallest absolute Gasteiger partial charge is 0.228 e.